The van der Waals surface area contributed by atoms with Crippen molar-refractivity contribution < 1.29 is 19.1 Å². The van der Waals surface area contributed by atoms with Crippen molar-refractivity contribution in [3.63, 3.8) is 0 Å². The molecule has 6 nitrogen and oxygen atoms in total. The summed E-state index contributed by atoms with van der Waals surface area (Å²) in [6, 6.07) is 17.1. The maximum Gasteiger partial charge on any atom is 0.336 e. The van der Waals surface area contributed by atoms with Gasteiger partial charge in [0.2, 0.25) is 0 Å². The van der Waals surface area contributed by atoms with E-state index in [2.05, 4.69) is 5.32 Å². The van der Waals surface area contributed by atoms with Crippen molar-refractivity contribution >= 4 is 16.9 Å². The van der Waals surface area contributed by atoms with Crippen LogP contribution in [0.25, 0.3) is 11.0 Å². The molecule has 0 aliphatic carbocycles. The Bertz CT molecular complexity index is 951. The molecule has 26 heavy (non-hydrogen) atoms. The predicted octanol–water partition coefficient (Wildman–Crippen LogP) is 2.41. The van der Waals surface area contributed by atoms with Crippen molar-refractivity contribution in [2.24, 2.45) is 0 Å². The Hall–Kier alpha value is -3.12. The zero-order valence-corrected chi connectivity index (χ0v) is 14.2. The van der Waals surface area contributed by atoms with Gasteiger partial charge in [-0.1, -0.05) is 30.3 Å². The number of hydrogen-bond donors (Lipinski definition) is 2. The van der Waals surface area contributed by atoms with Gasteiger partial charge in [-0.3, -0.25) is 4.79 Å². The number of carbonyl (C=O) groups is 1. The van der Waals surface area contributed by atoms with Crippen LogP contribution in [0.4, 0.5) is 0 Å². The molecule has 0 spiro atoms. The molecule has 3 aromatic rings. The van der Waals surface area contributed by atoms with E-state index in [1.54, 1.807) is 43.3 Å². The van der Waals surface area contributed by atoms with Crippen LogP contribution in [0.15, 0.2) is 69.9 Å². The summed E-state index contributed by atoms with van der Waals surface area (Å²) in [5, 5.41) is 13.5. The average molecular weight is 353 g/mol. The van der Waals surface area contributed by atoms with E-state index in [1.165, 1.54) is 6.07 Å². The van der Waals surface area contributed by atoms with Gasteiger partial charge < -0.3 is 19.6 Å². The maximum absolute atomic E-state index is 12.2. The molecule has 2 aromatic carbocycles. The van der Waals surface area contributed by atoms with Crippen LogP contribution in [-0.2, 0) is 4.79 Å². The molecule has 1 aromatic heterocycles. The Balaban J connectivity index is 1.59. The van der Waals surface area contributed by atoms with E-state index in [0.717, 1.165) is 10.9 Å². The molecule has 0 saturated heterocycles. The smallest absolute Gasteiger partial charge is 0.336 e. The van der Waals surface area contributed by atoms with Crippen LogP contribution < -0.4 is 15.7 Å². The second-order valence-electron chi connectivity index (χ2n) is 5.89. The van der Waals surface area contributed by atoms with E-state index in [0.29, 0.717) is 11.3 Å². The number of nitrogens with one attached hydrogen (secondary N) is 1. The molecule has 0 fully saturated rings. The van der Waals surface area contributed by atoms with Crippen molar-refractivity contribution in [1.29, 1.82) is 0 Å². The van der Waals surface area contributed by atoms with Crippen LogP contribution in [0.2, 0.25) is 0 Å². The number of amides is 1. The van der Waals surface area contributed by atoms with Crippen molar-refractivity contribution in [2.75, 3.05) is 6.54 Å². The Morgan fingerprint density at radius 3 is 2.65 bits per heavy atom. The molecule has 134 valence electrons. The van der Waals surface area contributed by atoms with Crippen molar-refractivity contribution in [2.45, 2.75) is 19.1 Å². The fraction of sp³-hybridized carbons (Fsp3) is 0.200. The zero-order valence-electron chi connectivity index (χ0n) is 14.2. The summed E-state index contributed by atoms with van der Waals surface area (Å²) in [4.78, 5) is 23.5. The number of carbonyl (C=O) groups excluding carboxylic acids is 1. The molecule has 1 heterocycles. The minimum absolute atomic E-state index is 0.0865. The topological polar surface area (TPSA) is 88.8 Å². The maximum atomic E-state index is 12.2. The molecule has 0 bridgehead atoms. The second-order valence-corrected chi connectivity index (χ2v) is 5.89. The number of benzene rings is 2. The van der Waals surface area contributed by atoms with Gasteiger partial charge in [-0.25, -0.2) is 4.79 Å². The fourth-order valence-electron chi connectivity index (χ4n) is 2.51. The number of aliphatic hydroxyl groups is 1. The Morgan fingerprint density at radius 2 is 1.88 bits per heavy atom. The summed E-state index contributed by atoms with van der Waals surface area (Å²) in [6.07, 6.45) is -1.56. The molecule has 0 aliphatic rings. The first-order valence-corrected chi connectivity index (χ1v) is 8.24. The quantitative estimate of drug-likeness (QED) is 0.665. The van der Waals surface area contributed by atoms with Crippen molar-refractivity contribution in [1.82, 2.24) is 5.32 Å². The lowest BCUT2D eigenvalue weighted by atomic mass is 10.1. The molecular weight excluding hydrogens is 334 g/mol. The SMILES string of the molecule is C[C@H](Oc1ccc2ccc(=O)oc2c1)C(=O)NC[C@@H](O)c1ccccc1. The van der Waals surface area contributed by atoms with E-state index in [-0.39, 0.29) is 12.5 Å². The minimum Gasteiger partial charge on any atom is -0.481 e. The summed E-state index contributed by atoms with van der Waals surface area (Å²) in [6.45, 7) is 1.69. The molecule has 3 rings (SSSR count). The molecule has 1 amide bonds. The third kappa shape index (κ3) is 4.29. The number of hydrogen-bond acceptors (Lipinski definition) is 5. The van der Waals surface area contributed by atoms with E-state index in [9.17, 15) is 14.7 Å². The van der Waals surface area contributed by atoms with Crippen LogP contribution in [-0.4, -0.2) is 23.7 Å². The first-order chi connectivity index (χ1) is 12.5. The number of rotatable bonds is 6. The van der Waals surface area contributed by atoms with Crippen LogP contribution >= 0.6 is 0 Å². The van der Waals surface area contributed by atoms with Gasteiger partial charge in [0.1, 0.15) is 11.3 Å². The standard InChI is InChI=1S/C20H19NO5/c1-13(20(24)21-12-17(22)14-5-3-2-4-6-14)25-16-9-7-15-8-10-19(23)26-18(15)11-16/h2-11,13,17,22H,12H2,1H3,(H,21,24)/t13-,17+/m0/s1. The van der Waals surface area contributed by atoms with Gasteiger partial charge in [-0.05, 0) is 30.7 Å². The Kier molecular flexibility index (Phi) is 5.34. The first kappa shape index (κ1) is 17.7. The number of ether oxygens (including phenoxy) is 1. The highest BCUT2D eigenvalue weighted by Gasteiger charge is 2.17. The van der Waals surface area contributed by atoms with Gasteiger partial charge in [-0.2, -0.15) is 0 Å². The molecule has 2 N–H and O–H groups in total. The Labute approximate surface area is 150 Å². The number of aliphatic hydroxyl groups excluding tert-OH is 1. The predicted molar refractivity (Wildman–Crippen MR) is 97.0 cm³/mol. The van der Waals surface area contributed by atoms with Crippen molar-refractivity contribution in [3.05, 3.63) is 76.6 Å². The highest BCUT2D eigenvalue weighted by molar-refractivity contribution is 5.81. The van der Waals surface area contributed by atoms with Crippen LogP contribution in [0.3, 0.4) is 0 Å². The first-order valence-electron chi connectivity index (χ1n) is 8.24. The van der Waals surface area contributed by atoms with Gasteiger partial charge in [0.15, 0.2) is 6.10 Å². The lowest BCUT2D eigenvalue weighted by molar-refractivity contribution is -0.127. The lowest BCUT2D eigenvalue weighted by Crippen LogP contribution is -2.38. The molecule has 2 atom stereocenters. The van der Waals surface area contributed by atoms with E-state index in [1.807, 2.05) is 18.2 Å². The average Bonchev–Trinajstić information content (AvgIpc) is 2.66. The summed E-state index contributed by atoms with van der Waals surface area (Å²) in [5.41, 5.74) is 0.670. The van der Waals surface area contributed by atoms with Gasteiger partial charge in [0.25, 0.3) is 5.91 Å². The zero-order chi connectivity index (χ0) is 18.5. The Morgan fingerprint density at radius 1 is 1.15 bits per heavy atom. The van der Waals surface area contributed by atoms with E-state index in [4.69, 9.17) is 9.15 Å². The highest BCUT2D eigenvalue weighted by Crippen LogP contribution is 2.20. The normalized spacial score (nSPS) is 13.2. The highest BCUT2D eigenvalue weighted by atomic mass is 16.5. The fourth-order valence-corrected chi connectivity index (χ4v) is 2.51. The third-order valence-corrected chi connectivity index (χ3v) is 3.93. The van der Waals surface area contributed by atoms with E-state index < -0.39 is 17.8 Å². The van der Waals surface area contributed by atoms with Gasteiger partial charge in [0.05, 0.1) is 6.10 Å². The van der Waals surface area contributed by atoms with E-state index >= 15 is 0 Å². The van der Waals surface area contributed by atoms with Gasteiger partial charge >= 0.3 is 5.63 Å². The summed E-state index contributed by atoms with van der Waals surface area (Å²) in [7, 11) is 0. The van der Waals surface area contributed by atoms with Gasteiger partial charge in [0, 0.05) is 24.1 Å². The molecule has 6 heteroatoms. The van der Waals surface area contributed by atoms with Gasteiger partial charge in [-0.15, -0.1) is 0 Å². The number of fused-ring (bicyclic) bond motifs is 1. The summed E-state index contributed by atoms with van der Waals surface area (Å²) < 4.78 is 10.7. The summed E-state index contributed by atoms with van der Waals surface area (Å²) >= 11 is 0. The van der Waals surface area contributed by atoms with Crippen LogP contribution in [0.5, 0.6) is 5.75 Å². The van der Waals surface area contributed by atoms with Crippen LogP contribution in [0, 0.1) is 0 Å². The minimum atomic E-state index is -0.790. The molecule has 0 radical (unpaired) electrons. The van der Waals surface area contributed by atoms with Crippen LogP contribution in [0.1, 0.15) is 18.6 Å². The molecule has 0 unspecified atom stereocenters. The largest absolute Gasteiger partial charge is 0.481 e. The summed E-state index contributed by atoms with van der Waals surface area (Å²) in [5.74, 6) is 0.0627. The monoisotopic (exact) mass is 353 g/mol. The molecule has 0 saturated carbocycles. The molecular formula is C20H19NO5. The van der Waals surface area contributed by atoms with Crippen molar-refractivity contribution in [3.8, 4) is 5.75 Å². The third-order valence-electron chi connectivity index (χ3n) is 3.93. The molecule has 0 aliphatic heterocycles. The second kappa shape index (κ2) is 7.84. The lowest BCUT2D eigenvalue weighted by Gasteiger charge is -2.17.